The van der Waals surface area contributed by atoms with Crippen LogP contribution in [-0.4, -0.2) is 18.4 Å². The molecule has 3 rings (SSSR count). The van der Waals surface area contributed by atoms with Crippen molar-refractivity contribution in [3.05, 3.63) is 34.7 Å². The van der Waals surface area contributed by atoms with Crippen LogP contribution in [0.2, 0.25) is 5.02 Å². The molecule has 2 heterocycles. The van der Waals surface area contributed by atoms with Crippen molar-refractivity contribution < 1.29 is 13.7 Å². The Kier molecular flexibility index (Phi) is 3.63. The first-order valence-corrected chi connectivity index (χ1v) is 6.83. The lowest BCUT2D eigenvalue weighted by atomic mass is 9.92. The van der Waals surface area contributed by atoms with Gasteiger partial charge in [-0.05, 0) is 25.0 Å². The fraction of sp³-hybridized carbons (Fsp3) is 0.357. The number of ether oxygens (including phenoxy) is 1. The Bertz CT molecular complexity index is 603. The molecule has 6 heteroatoms. The molecular formula is C14H14ClFN2O2. The third-order valence-corrected chi connectivity index (χ3v) is 3.82. The Morgan fingerprint density at radius 2 is 2.20 bits per heavy atom. The van der Waals surface area contributed by atoms with Gasteiger partial charge < -0.3 is 15.0 Å². The molecule has 2 aromatic rings. The van der Waals surface area contributed by atoms with Gasteiger partial charge in [0.25, 0.3) is 0 Å². The standard InChI is InChI=1S/C14H14ClFN2O2/c15-9-4-1-5-10(16)11(9)12-13(18-20-14(12)17)8-3-2-6-19-7-8/h1,4-5,8H,2-3,6-7,17H2. The third kappa shape index (κ3) is 2.27. The van der Waals surface area contributed by atoms with Gasteiger partial charge in [0.1, 0.15) is 5.82 Å². The molecular weight excluding hydrogens is 283 g/mol. The number of hydrogen-bond donors (Lipinski definition) is 1. The van der Waals surface area contributed by atoms with E-state index in [9.17, 15) is 4.39 Å². The van der Waals surface area contributed by atoms with Crippen LogP contribution in [-0.2, 0) is 4.74 Å². The summed E-state index contributed by atoms with van der Waals surface area (Å²) in [7, 11) is 0. The van der Waals surface area contributed by atoms with E-state index in [4.69, 9.17) is 26.6 Å². The molecule has 1 aliphatic heterocycles. The van der Waals surface area contributed by atoms with Crippen molar-refractivity contribution in [2.24, 2.45) is 0 Å². The summed E-state index contributed by atoms with van der Waals surface area (Å²) in [6.45, 7) is 1.27. The number of hydrogen-bond acceptors (Lipinski definition) is 4. The summed E-state index contributed by atoms with van der Waals surface area (Å²) < 4.78 is 24.6. The van der Waals surface area contributed by atoms with Crippen LogP contribution >= 0.6 is 11.6 Å². The molecule has 2 N–H and O–H groups in total. The predicted molar refractivity (Wildman–Crippen MR) is 74.1 cm³/mol. The molecule has 106 valence electrons. The molecule has 1 atom stereocenters. The number of halogens is 2. The molecule has 1 aromatic carbocycles. The highest BCUT2D eigenvalue weighted by atomic mass is 35.5. The lowest BCUT2D eigenvalue weighted by Gasteiger charge is -2.21. The van der Waals surface area contributed by atoms with E-state index in [1.54, 1.807) is 12.1 Å². The average molecular weight is 297 g/mol. The van der Waals surface area contributed by atoms with E-state index >= 15 is 0 Å². The minimum atomic E-state index is -0.439. The summed E-state index contributed by atoms with van der Waals surface area (Å²) in [6, 6.07) is 4.51. The molecule has 0 radical (unpaired) electrons. The first kappa shape index (κ1) is 13.4. The van der Waals surface area contributed by atoms with Crippen molar-refractivity contribution in [2.75, 3.05) is 18.9 Å². The lowest BCUT2D eigenvalue weighted by molar-refractivity contribution is 0.0785. The third-order valence-electron chi connectivity index (χ3n) is 3.50. The van der Waals surface area contributed by atoms with E-state index in [0.29, 0.717) is 17.9 Å². The molecule has 1 saturated heterocycles. The zero-order valence-electron chi connectivity index (χ0n) is 10.7. The van der Waals surface area contributed by atoms with Crippen LogP contribution in [0.15, 0.2) is 22.7 Å². The molecule has 0 bridgehead atoms. The quantitative estimate of drug-likeness (QED) is 0.919. The Hall–Kier alpha value is -1.59. The topological polar surface area (TPSA) is 61.3 Å². The molecule has 1 unspecified atom stereocenters. The second kappa shape index (κ2) is 5.42. The van der Waals surface area contributed by atoms with Crippen LogP contribution in [0.25, 0.3) is 11.1 Å². The number of nitrogen functional groups attached to an aromatic ring is 1. The monoisotopic (exact) mass is 296 g/mol. The summed E-state index contributed by atoms with van der Waals surface area (Å²) in [5.74, 6) is -0.307. The fourth-order valence-corrected chi connectivity index (χ4v) is 2.80. The Morgan fingerprint density at radius 3 is 2.90 bits per heavy atom. The molecule has 0 amide bonds. The van der Waals surface area contributed by atoms with E-state index in [1.807, 2.05) is 0 Å². The van der Waals surface area contributed by atoms with E-state index in [1.165, 1.54) is 6.07 Å². The minimum absolute atomic E-state index is 0.0514. The maximum Gasteiger partial charge on any atom is 0.230 e. The second-order valence-corrected chi connectivity index (χ2v) is 5.22. The molecule has 4 nitrogen and oxygen atoms in total. The van der Waals surface area contributed by atoms with Crippen LogP contribution in [0.4, 0.5) is 10.3 Å². The highest BCUT2D eigenvalue weighted by molar-refractivity contribution is 6.33. The Morgan fingerprint density at radius 1 is 1.35 bits per heavy atom. The van der Waals surface area contributed by atoms with Crippen LogP contribution in [0.1, 0.15) is 24.5 Å². The zero-order chi connectivity index (χ0) is 14.1. The second-order valence-electron chi connectivity index (χ2n) is 4.82. The average Bonchev–Trinajstić information content (AvgIpc) is 2.82. The van der Waals surface area contributed by atoms with Gasteiger partial charge in [0.2, 0.25) is 5.88 Å². The van der Waals surface area contributed by atoms with E-state index in [2.05, 4.69) is 5.16 Å². The number of benzene rings is 1. The first-order chi connectivity index (χ1) is 9.68. The molecule has 20 heavy (non-hydrogen) atoms. The number of aromatic nitrogens is 1. The maximum atomic E-state index is 14.1. The number of nitrogens with zero attached hydrogens (tertiary/aromatic N) is 1. The maximum absolute atomic E-state index is 14.1. The summed E-state index contributed by atoms with van der Waals surface area (Å²) >= 11 is 6.11. The summed E-state index contributed by atoms with van der Waals surface area (Å²) in [4.78, 5) is 0. The van der Waals surface area contributed by atoms with Crippen molar-refractivity contribution in [3.8, 4) is 11.1 Å². The fourth-order valence-electron chi connectivity index (χ4n) is 2.54. The summed E-state index contributed by atoms with van der Waals surface area (Å²) in [5.41, 5.74) is 7.13. The van der Waals surface area contributed by atoms with E-state index in [-0.39, 0.29) is 22.4 Å². The van der Waals surface area contributed by atoms with Gasteiger partial charge in [0, 0.05) is 18.1 Å². The molecule has 1 aromatic heterocycles. The first-order valence-electron chi connectivity index (χ1n) is 6.45. The van der Waals surface area contributed by atoms with Crippen molar-refractivity contribution in [3.63, 3.8) is 0 Å². The van der Waals surface area contributed by atoms with Crippen molar-refractivity contribution >= 4 is 17.5 Å². The van der Waals surface area contributed by atoms with Gasteiger partial charge in [-0.25, -0.2) is 4.39 Å². The van der Waals surface area contributed by atoms with Crippen LogP contribution in [0, 0.1) is 5.82 Å². The van der Waals surface area contributed by atoms with Gasteiger partial charge in [-0.2, -0.15) is 0 Å². The normalized spacial score (nSPS) is 19.2. The molecule has 0 saturated carbocycles. The van der Waals surface area contributed by atoms with E-state index < -0.39 is 5.82 Å². The van der Waals surface area contributed by atoms with E-state index in [0.717, 1.165) is 19.4 Å². The molecule has 1 aliphatic rings. The van der Waals surface area contributed by atoms with Gasteiger partial charge in [0.05, 0.1) is 22.9 Å². The van der Waals surface area contributed by atoms with Crippen LogP contribution in [0.3, 0.4) is 0 Å². The van der Waals surface area contributed by atoms with Gasteiger partial charge in [-0.1, -0.05) is 22.8 Å². The number of rotatable bonds is 2. The van der Waals surface area contributed by atoms with Gasteiger partial charge in [-0.15, -0.1) is 0 Å². The molecule has 0 spiro atoms. The van der Waals surface area contributed by atoms with Crippen molar-refractivity contribution in [2.45, 2.75) is 18.8 Å². The zero-order valence-corrected chi connectivity index (χ0v) is 11.5. The summed E-state index contributed by atoms with van der Waals surface area (Å²) in [5, 5.41) is 4.28. The predicted octanol–water partition coefficient (Wildman–Crippen LogP) is 3.61. The van der Waals surface area contributed by atoms with Gasteiger partial charge in [0.15, 0.2) is 0 Å². The van der Waals surface area contributed by atoms with Gasteiger partial charge in [-0.3, -0.25) is 0 Å². The van der Waals surface area contributed by atoms with Crippen molar-refractivity contribution in [1.29, 1.82) is 0 Å². The highest BCUT2D eigenvalue weighted by Gasteiger charge is 2.28. The van der Waals surface area contributed by atoms with Gasteiger partial charge >= 0.3 is 0 Å². The molecule has 1 fully saturated rings. The smallest absolute Gasteiger partial charge is 0.230 e. The number of nitrogens with two attached hydrogens (primary N) is 1. The highest BCUT2D eigenvalue weighted by Crippen LogP contribution is 2.41. The SMILES string of the molecule is Nc1onc(C2CCCOC2)c1-c1c(F)cccc1Cl. The van der Waals surface area contributed by atoms with Crippen molar-refractivity contribution in [1.82, 2.24) is 5.16 Å². The van der Waals surface area contributed by atoms with Crippen LogP contribution < -0.4 is 5.73 Å². The Balaban J connectivity index is 2.11. The minimum Gasteiger partial charge on any atom is -0.381 e. The lowest BCUT2D eigenvalue weighted by Crippen LogP contribution is -2.16. The number of anilines is 1. The summed E-state index contributed by atoms with van der Waals surface area (Å²) in [6.07, 6.45) is 1.84. The Labute approximate surface area is 120 Å². The molecule has 0 aliphatic carbocycles. The van der Waals surface area contributed by atoms with Crippen LogP contribution in [0.5, 0.6) is 0 Å². The largest absolute Gasteiger partial charge is 0.381 e.